The van der Waals surface area contributed by atoms with Gasteiger partial charge in [0.1, 0.15) is 18.4 Å². The average molecular weight is 377 g/mol. The van der Waals surface area contributed by atoms with Crippen LogP contribution in [0.15, 0.2) is 55.1 Å². The summed E-state index contributed by atoms with van der Waals surface area (Å²) in [5, 5.41) is 14.1. The molecule has 1 aliphatic heterocycles. The molecule has 3 aromatic rings. The van der Waals surface area contributed by atoms with Crippen LogP contribution in [0.25, 0.3) is 5.69 Å². The number of aromatic nitrogens is 3. The third-order valence-corrected chi connectivity index (χ3v) is 4.93. The number of amides is 1. The van der Waals surface area contributed by atoms with Crippen LogP contribution in [0.4, 0.5) is 5.69 Å². The summed E-state index contributed by atoms with van der Waals surface area (Å²) in [5.74, 6) is 0.855. The number of hydrogen-bond acceptors (Lipinski definition) is 5. The van der Waals surface area contributed by atoms with Crippen LogP contribution < -0.4 is 15.4 Å². The van der Waals surface area contributed by atoms with E-state index in [1.807, 2.05) is 49.4 Å². The van der Waals surface area contributed by atoms with Gasteiger partial charge in [0.05, 0.1) is 18.0 Å². The van der Waals surface area contributed by atoms with Gasteiger partial charge in [-0.15, -0.1) is 10.2 Å². The predicted molar refractivity (Wildman–Crippen MR) is 107 cm³/mol. The Morgan fingerprint density at radius 3 is 2.82 bits per heavy atom. The number of benzene rings is 2. The lowest BCUT2D eigenvalue weighted by Gasteiger charge is -2.17. The molecule has 0 aliphatic carbocycles. The van der Waals surface area contributed by atoms with Gasteiger partial charge in [-0.25, -0.2) is 0 Å². The average Bonchev–Trinajstić information content (AvgIpc) is 3.44. The van der Waals surface area contributed by atoms with E-state index in [-0.39, 0.29) is 5.91 Å². The van der Waals surface area contributed by atoms with Crippen LogP contribution in [0, 0.1) is 0 Å². The maximum atomic E-state index is 13.1. The second-order valence-corrected chi connectivity index (χ2v) is 6.71. The van der Waals surface area contributed by atoms with Gasteiger partial charge in [0.25, 0.3) is 5.91 Å². The number of nitrogens with zero attached hydrogens (tertiary/aromatic N) is 3. The largest absolute Gasteiger partial charge is 0.492 e. The van der Waals surface area contributed by atoms with Crippen LogP contribution in [0.1, 0.15) is 35.2 Å². The SMILES string of the molecule is CCOc1ccc(-n2cnnc2)cc1NC(=O)c1ccccc1[C@@H]1CCNC1. The molecular weight excluding hydrogens is 354 g/mol. The Morgan fingerprint density at radius 1 is 1.25 bits per heavy atom. The minimum absolute atomic E-state index is 0.135. The number of ether oxygens (including phenoxy) is 1. The van der Waals surface area contributed by atoms with Crippen LogP contribution in [0.2, 0.25) is 0 Å². The lowest BCUT2D eigenvalue weighted by molar-refractivity contribution is 0.102. The van der Waals surface area contributed by atoms with Crippen molar-refractivity contribution in [3.05, 3.63) is 66.2 Å². The zero-order valence-electron chi connectivity index (χ0n) is 15.8. The molecule has 2 heterocycles. The van der Waals surface area contributed by atoms with Gasteiger partial charge in [0.2, 0.25) is 0 Å². The van der Waals surface area contributed by atoms with E-state index in [2.05, 4.69) is 20.8 Å². The van der Waals surface area contributed by atoms with Gasteiger partial charge in [0.15, 0.2) is 0 Å². The first-order valence-electron chi connectivity index (χ1n) is 9.49. The number of hydrogen-bond donors (Lipinski definition) is 2. The number of carbonyl (C=O) groups excluding carboxylic acids is 1. The summed E-state index contributed by atoms with van der Waals surface area (Å²) >= 11 is 0. The van der Waals surface area contributed by atoms with E-state index in [1.165, 1.54) is 0 Å². The molecule has 0 spiro atoms. The van der Waals surface area contributed by atoms with Gasteiger partial charge in [-0.05, 0) is 55.6 Å². The van der Waals surface area contributed by atoms with Crippen molar-refractivity contribution < 1.29 is 9.53 Å². The number of nitrogens with one attached hydrogen (secondary N) is 2. The highest BCUT2D eigenvalue weighted by molar-refractivity contribution is 6.06. The van der Waals surface area contributed by atoms with Crippen molar-refractivity contribution in [1.82, 2.24) is 20.1 Å². The molecule has 1 atom stereocenters. The molecular formula is C21H23N5O2. The van der Waals surface area contributed by atoms with E-state index in [9.17, 15) is 4.79 Å². The summed E-state index contributed by atoms with van der Waals surface area (Å²) in [5.41, 5.74) is 3.25. The second-order valence-electron chi connectivity index (χ2n) is 6.71. The molecule has 0 bridgehead atoms. The van der Waals surface area contributed by atoms with Gasteiger partial charge < -0.3 is 15.4 Å². The molecule has 144 valence electrons. The normalized spacial score (nSPS) is 16.1. The molecule has 1 saturated heterocycles. The highest BCUT2D eigenvalue weighted by Crippen LogP contribution is 2.30. The number of anilines is 1. The van der Waals surface area contributed by atoms with E-state index in [1.54, 1.807) is 17.2 Å². The van der Waals surface area contributed by atoms with E-state index < -0.39 is 0 Å². The van der Waals surface area contributed by atoms with Crippen molar-refractivity contribution in [2.45, 2.75) is 19.3 Å². The Bertz CT molecular complexity index is 949. The molecule has 7 heteroatoms. The second kappa shape index (κ2) is 8.22. The zero-order chi connectivity index (χ0) is 19.3. The topological polar surface area (TPSA) is 81.1 Å². The van der Waals surface area contributed by atoms with Crippen LogP contribution in [0.5, 0.6) is 5.75 Å². The molecule has 2 aromatic carbocycles. The number of rotatable bonds is 6. The van der Waals surface area contributed by atoms with Gasteiger partial charge in [-0.3, -0.25) is 9.36 Å². The van der Waals surface area contributed by atoms with E-state index in [4.69, 9.17) is 4.74 Å². The smallest absolute Gasteiger partial charge is 0.256 e. The van der Waals surface area contributed by atoms with Gasteiger partial charge in [-0.2, -0.15) is 0 Å². The fourth-order valence-corrected chi connectivity index (χ4v) is 3.56. The summed E-state index contributed by atoms with van der Waals surface area (Å²) < 4.78 is 7.49. The summed E-state index contributed by atoms with van der Waals surface area (Å²) in [6.07, 6.45) is 4.27. The lowest BCUT2D eigenvalue weighted by atomic mass is 9.93. The van der Waals surface area contributed by atoms with Gasteiger partial charge in [0, 0.05) is 12.1 Å². The Balaban J connectivity index is 1.65. The van der Waals surface area contributed by atoms with Crippen molar-refractivity contribution in [1.29, 1.82) is 0 Å². The van der Waals surface area contributed by atoms with Crippen LogP contribution in [0.3, 0.4) is 0 Å². The molecule has 1 aromatic heterocycles. The quantitative estimate of drug-likeness (QED) is 0.690. The van der Waals surface area contributed by atoms with Crippen molar-refractivity contribution >= 4 is 11.6 Å². The van der Waals surface area contributed by atoms with Crippen LogP contribution in [-0.2, 0) is 0 Å². The first kappa shape index (κ1) is 18.2. The third kappa shape index (κ3) is 3.75. The molecule has 0 radical (unpaired) electrons. The fraction of sp³-hybridized carbons (Fsp3) is 0.286. The van der Waals surface area contributed by atoms with E-state index >= 15 is 0 Å². The summed E-state index contributed by atoms with van der Waals surface area (Å²) in [4.78, 5) is 13.1. The Morgan fingerprint density at radius 2 is 2.07 bits per heavy atom. The Hall–Kier alpha value is -3.19. The van der Waals surface area contributed by atoms with Crippen molar-refractivity contribution in [2.24, 2.45) is 0 Å². The van der Waals surface area contributed by atoms with E-state index in [0.29, 0.717) is 29.5 Å². The molecule has 1 aliphatic rings. The zero-order valence-corrected chi connectivity index (χ0v) is 15.8. The number of carbonyl (C=O) groups is 1. The maximum absolute atomic E-state index is 13.1. The molecule has 1 amide bonds. The van der Waals surface area contributed by atoms with Crippen molar-refractivity contribution in [3.8, 4) is 11.4 Å². The Kier molecular flexibility index (Phi) is 5.34. The molecule has 0 unspecified atom stereocenters. The highest BCUT2D eigenvalue weighted by Gasteiger charge is 2.22. The summed E-state index contributed by atoms with van der Waals surface area (Å²) in [6.45, 7) is 4.31. The lowest BCUT2D eigenvalue weighted by Crippen LogP contribution is -2.17. The van der Waals surface area contributed by atoms with Crippen molar-refractivity contribution in [3.63, 3.8) is 0 Å². The third-order valence-electron chi connectivity index (χ3n) is 4.93. The highest BCUT2D eigenvalue weighted by atomic mass is 16.5. The standard InChI is InChI=1S/C21H23N5O2/c1-2-28-20-8-7-16(26-13-23-24-14-26)11-19(20)25-21(27)18-6-4-3-5-17(18)15-9-10-22-12-15/h3-8,11,13-15,22H,2,9-10,12H2,1H3,(H,25,27)/t15-/m1/s1. The van der Waals surface area contributed by atoms with Gasteiger partial charge >= 0.3 is 0 Å². The van der Waals surface area contributed by atoms with Crippen LogP contribution >= 0.6 is 0 Å². The van der Waals surface area contributed by atoms with Crippen molar-refractivity contribution in [2.75, 3.05) is 25.0 Å². The molecule has 0 saturated carbocycles. The van der Waals surface area contributed by atoms with E-state index in [0.717, 1.165) is 30.8 Å². The first-order valence-corrected chi connectivity index (χ1v) is 9.49. The summed E-state index contributed by atoms with van der Waals surface area (Å²) in [7, 11) is 0. The maximum Gasteiger partial charge on any atom is 0.256 e. The molecule has 28 heavy (non-hydrogen) atoms. The monoisotopic (exact) mass is 377 g/mol. The molecule has 7 nitrogen and oxygen atoms in total. The minimum atomic E-state index is -0.135. The summed E-state index contributed by atoms with van der Waals surface area (Å²) in [6, 6.07) is 13.4. The first-order chi connectivity index (χ1) is 13.8. The molecule has 2 N–H and O–H groups in total. The fourth-order valence-electron chi connectivity index (χ4n) is 3.56. The minimum Gasteiger partial charge on any atom is -0.492 e. The predicted octanol–water partition coefficient (Wildman–Crippen LogP) is 3.00. The molecule has 1 fully saturated rings. The molecule has 4 rings (SSSR count). The van der Waals surface area contributed by atoms with Crippen LogP contribution in [-0.4, -0.2) is 40.4 Å². The Labute approximate surface area is 163 Å². The van der Waals surface area contributed by atoms with Gasteiger partial charge in [-0.1, -0.05) is 18.2 Å².